The molecule has 1 rings (SSSR count). The van der Waals surface area contributed by atoms with Gasteiger partial charge in [-0.05, 0) is 22.5 Å². The number of hydrogen-bond acceptors (Lipinski definition) is 2. The van der Waals surface area contributed by atoms with Crippen molar-refractivity contribution < 1.29 is 13.3 Å². The predicted octanol–water partition coefficient (Wildman–Crippen LogP) is 5.29. The summed E-state index contributed by atoms with van der Waals surface area (Å²) in [5.74, 6) is 0.360. The van der Waals surface area contributed by atoms with Gasteiger partial charge in [-0.3, -0.25) is 0 Å². The van der Waals surface area contributed by atoms with Crippen LogP contribution in [0.25, 0.3) is 0 Å². The van der Waals surface area contributed by atoms with Crippen LogP contribution in [0, 0.1) is 0 Å². The van der Waals surface area contributed by atoms with E-state index in [9.17, 15) is 8.76 Å². The zero-order valence-electron chi connectivity index (χ0n) is 11.9. The fourth-order valence-electron chi connectivity index (χ4n) is 1.74. The highest BCUT2D eigenvalue weighted by Gasteiger charge is 2.28. The molecule has 1 aromatic carbocycles. The Bertz CT molecular complexity index is 456. The van der Waals surface area contributed by atoms with Crippen molar-refractivity contribution in [2.75, 3.05) is 0 Å². The highest BCUT2D eigenvalue weighted by atomic mass is 31.2. The van der Waals surface area contributed by atoms with Gasteiger partial charge in [-0.25, -0.2) is 4.52 Å². The normalized spacial score (nSPS) is 13.4. The Labute approximate surface area is 110 Å². The lowest BCUT2D eigenvalue weighted by Gasteiger charge is -2.25. The van der Waals surface area contributed by atoms with Crippen LogP contribution in [0.3, 0.4) is 0 Å². The molecule has 0 saturated heterocycles. The minimum atomic E-state index is -3.13. The molecule has 0 aromatic heterocycles. The van der Waals surface area contributed by atoms with Crippen molar-refractivity contribution in [3.05, 3.63) is 29.3 Å². The van der Waals surface area contributed by atoms with E-state index in [1.54, 1.807) is 6.07 Å². The zero-order valence-corrected chi connectivity index (χ0v) is 12.8. The Kier molecular flexibility index (Phi) is 4.17. The lowest BCUT2D eigenvalue weighted by atomic mass is 9.80. The summed E-state index contributed by atoms with van der Waals surface area (Å²) in [5.41, 5.74) is 1.84. The van der Waals surface area contributed by atoms with Crippen LogP contribution in [0.5, 0.6) is 5.75 Å². The van der Waals surface area contributed by atoms with Gasteiger partial charge in [0.1, 0.15) is 0 Å². The van der Waals surface area contributed by atoms with E-state index in [2.05, 4.69) is 20.8 Å². The van der Waals surface area contributed by atoms with Gasteiger partial charge in [0.05, 0.1) is 4.20 Å². The number of rotatable bonds is 2. The number of hydrogen-bond donors (Lipinski definition) is 0. The molecule has 2 nitrogen and oxygen atoms in total. The lowest BCUT2D eigenvalue weighted by molar-refractivity contribution is 0.451. The van der Waals surface area contributed by atoms with Crippen LogP contribution < -0.4 is 4.52 Å². The fraction of sp³-hybridized carbons (Fsp3) is 0.571. The second-order valence-corrected chi connectivity index (χ2v) is 7.12. The van der Waals surface area contributed by atoms with Gasteiger partial charge in [0.15, 0.2) is 5.75 Å². The lowest BCUT2D eigenvalue weighted by Crippen LogP contribution is -2.16. The van der Waals surface area contributed by atoms with Crippen molar-refractivity contribution in [1.29, 1.82) is 0 Å². The van der Waals surface area contributed by atoms with Crippen molar-refractivity contribution in [1.82, 2.24) is 0 Å². The molecule has 100 valence electrons. The fourth-order valence-corrected chi connectivity index (χ4v) is 2.05. The van der Waals surface area contributed by atoms with Gasteiger partial charge in [-0.1, -0.05) is 53.7 Å². The first kappa shape index (κ1) is 15.1. The van der Waals surface area contributed by atoms with Crippen LogP contribution >= 0.6 is 8.34 Å². The summed E-state index contributed by atoms with van der Waals surface area (Å²) >= 11 is 0. The van der Waals surface area contributed by atoms with Crippen LogP contribution in [-0.2, 0) is 15.4 Å². The molecule has 4 heteroatoms. The van der Waals surface area contributed by atoms with Crippen LogP contribution in [0.15, 0.2) is 18.2 Å². The third-order valence-electron chi connectivity index (χ3n) is 2.82. The maximum atomic E-state index is 12.6. The van der Waals surface area contributed by atoms with Gasteiger partial charge in [-0.15, -0.1) is 0 Å². The SMILES string of the molecule is CC(C)(C)c1ccc(O[P+](=O)F)c(C(C)(C)C)c1. The molecule has 0 aliphatic carbocycles. The van der Waals surface area contributed by atoms with E-state index < -0.39 is 8.34 Å². The van der Waals surface area contributed by atoms with Crippen LogP contribution in [0.2, 0.25) is 0 Å². The summed E-state index contributed by atoms with van der Waals surface area (Å²) in [5, 5.41) is 0. The molecule has 0 aliphatic heterocycles. The van der Waals surface area contributed by atoms with E-state index >= 15 is 0 Å². The van der Waals surface area contributed by atoms with Gasteiger partial charge < -0.3 is 0 Å². The van der Waals surface area contributed by atoms with Gasteiger partial charge in [0.25, 0.3) is 0 Å². The van der Waals surface area contributed by atoms with Crippen molar-refractivity contribution in [2.24, 2.45) is 0 Å². The van der Waals surface area contributed by atoms with Crippen LogP contribution in [-0.4, -0.2) is 0 Å². The molecule has 0 N–H and O–H groups in total. The molecule has 0 bridgehead atoms. The van der Waals surface area contributed by atoms with Gasteiger partial charge in [-0.2, -0.15) is 0 Å². The molecule has 0 spiro atoms. The smallest absolute Gasteiger partial charge is 0.225 e. The molecule has 1 unspecified atom stereocenters. The maximum Gasteiger partial charge on any atom is 0.800 e. The number of halogens is 1. The molecule has 0 amide bonds. The van der Waals surface area contributed by atoms with Crippen molar-refractivity contribution >= 4 is 8.34 Å². The molecule has 0 aliphatic rings. The topological polar surface area (TPSA) is 26.3 Å². The minimum Gasteiger partial charge on any atom is -0.225 e. The van der Waals surface area contributed by atoms with Gasteiger partial charge >= 0.3 is 8.34 Å². The summed E-state index contributed by atoms with van der Waals surface area (Å²) in [6.07, 6.45) is 0. The van der Waals surface area contributed by atoms with E-state index in [4.69, 9.17) is 4.52 Å². The summed E-state index contributed by atoms with van der Waals surface area (Å²) in [7, 11) is -3.13. The van der Waals surface area contributed by atoms with E-state index in [0.717, 1.165) is 11.1 Å². The Balaban J connectivity index is 3.34. The van der Waals surface area contributed by atoms with E-state index in [-0.39, 0.29) is 10.8 Å². The van der Waals surface area contributed by atoms with Gasteiger partial charge in [0, 0.05) is 10.1 Å². The molecule has 0 saturated carbocycles. The highest BCUT2D eigenvalue weighted by molar-refractivity contribution is 7.33. The van der Waals surface area contributed by atoms with E-state index in [1.807, 2.05) is 32.9 Å². The molecule has 1 atom stereocenters. The molecule has 0 heterocycles. The van der Waals surface area contributed by atoms with Crippen molar-refractivity contribution in [2.45, 2.75) is 52.4 Å². The third kappa shape index (κ3) is 3.78. The zero-order chi connectivity index (χ0) is 14.1. The largest absolute Gasteiger partial charge is 0.800 e. The molecule has 18 heavy (non-hydrogen) atoms. The summed E-state index contributed by atoms with van der Waals surface area (Å²) in [6.45, 7) is 12.4. The van der Waals surface area contributed by atoms with Crippen LogP contribution in [0.1, 0.15) is 52.7 Å². The second kappa shape index (κ2) is 4.97. The summed E-state index contributed by atoms with van der Waals surface area (Å²) in [4.78, 5) is 0. The first-order chi connectivity index (χ1) is 8.01. The summed E-state index contributed by atoms with van der Waals surface area (Å²) in [6, 6.07) is 5.60. The van der Waals surface area contributed by atoms with E-state index in [0.29, 0.717) is 5.75 Å². The number of benzene rings is 1. The quantitative estimate of drug-likeness (QED) is 0.683. The molecule has 0 radical (unpaired) electrons. The Morgan fingerprint density at radius 2 is 1.61 bits per heavy atom. The molecule has 0 fully saturated rings. The second-order valence-electron chi connectivity index (χ2n) is 6.51. The molecular weight excluding hydrogens is 250 g/mol. The maximum absolute atomic E-state index is 12.6. The van der Waals surface area contributed by atoms with Crippen molar-refractivity contribution in [3.63, 3.8) is 0 Å². The molecule has 1 aromatic rings. The monoisotopic (exact) mass is 271 g/mol. The Hall–Kier alpha value is -0.950. The van der Waals surface area contributed by atoms with Crippen molar-refractivity contribution in [3.8, 4) is 5.75 Å². The summed E-state index contributed by atoms with van der Waals surface area (Å²) < 4.78 is 28.0. The first-order valence-corrected chi connectivity index (χ1v) is 7.04. The molecular formula is C14H21FO2P+. The van der Waals surface area contributed by atoms with E-state index in [1.165, 1.54) is 0 Å². The predicted molar refractivity (Wildman–Crippen MR) is 73.2 cm³/mol. The minimum absolute atomic E-state index is 0.0104. The third-order valence-corrected chi connectivity index (χ3v) is 3.16. The Morgan fingerprint density at radius 1 is 1.06 bits per heavy atom. The average molecular weight is 271 g/mol. The Morgan fingerprint density at radius 3 is 2.00 bits per heavy atom. The highest BCUT2D eigenvalue weighted by Crippen LogP contribution is 2.39. The van der Waals surface area contributed by atoms with Gasteiger partial charge in [0.2, 0.25) is 0 Å². The average Bonchev–Trinajstić information content (AvgIpc) is 2.13. The standard InChI is InChI=1S/C14H21FO2P/c1-13(2,3)10-7-8-12(17-18(15)16)11(9-10)14(4,5)6/h7-9H,1-6H3/q+1. The van der Waals surface area contributed by atoms with Crippen LogP contribution in [0.4, 0.5) is 4.20 Å². The first-order valence-electron chi connectivity index (χ1n) is 5.98.